The monoisotopic (exact) mass is 791 g/mol. The molecule has 0 fully saturated rings. The Kier molecular flexibility index (Phi) is 10.1. The van der Waals surface area contributed by atoms with Gasteiger partial charge in [-0.25, -0.2) is 38.5 Å². The number of halogens is 2. The topological polar surface area (TPSA) is 100 Å². The molecule has 286 valence electrons. The fourth-order valence-electron chi connectivity index (χ4n) is 6.95. The lowest BCUT2D eigenvalue weighted by atomic mass is 9.76. The van der Waals surface area contributed by atoms with Crippen LogP contribution in [-0.2, 0) is 25.5 Å². The average Bonchev–Trinajstić information content (AvgIpc) is 3.84. The van der Waals surface area contributed by atoms with Crippen molar-refractivity contribution < 1.29 is 30.4 Å². The van der Waals surface area contributed by atoms with Crippen LogP contribution in [0.3, 0.4) is 0 Å². The van der Waals surface area contributed by atoms with Crippen LogP contribution in [-0.4, -0.2) is 29.8 Å². The van der Waals surface area contributed by atoms with Gasteiger partial charge in [0.25, 0.3) is 20.0 Å². The van der Waals surface area contributed by atoms with Gasteiger partial charge in [0, 0.05) is 28.6 Å². The Hall–Kier alpha value is -5.85. The third-order valence-corrected chi connectivity index (χ3v) is 13.6. The molecule has 0 N–H and O–H groups in total. The maximum absolute atomic E-state index is 16.0. The first-order valence-corrected chi connectivity index (χ1v) is 20.7. The minimum absolute atomic E-state index is 0.00391. The van der Waals surface area contributed by atoms with Gasteiger partial charge < -0.3 is 4.74 Å². The molecule has 12 heteroatoms. The van der Waals surface area contributed by atoms with Crippen molar-refractivity contribution in [3.05, 3.63) is 174 Å². The fourth-order valence-corrected chi connectivity index (χ4v) is 9.86. The summed E-state index contributed by atoms with van der Waals surface area (Å²) < 4.78 is 96.7. The smallest absolute Gasteiger partial charge is 0.269 e. The van der Waals surface area contributed by atoms with Crippen molar-refractivity contribution in [1.82, 2.24) is 12.9 Å². The largest absolute Gasteiger partial charge is 0.454 e. The number of aryl methyl sites for hydroxylation is 3. The van der Waals surface area contributed by atoms with Gasteiger partial charge >= 0.3 is 0 Å². The highest BCUT2D eigenvalue weighted by molar-refractivity contribution is 7.90. The number of rotatable bonds is 12. The lowest BCUT2D eigenvalue weighted by Gasteiger charge is -2.31. The number of hydrogen-bond acceptors (Lipinski definition) is 6. The summed E-state index contributed by atoms with van der Waals surface area (Å²) in [6, 6.07) is 28.5. The Morgan fingerprint density at radius 3 is 2.04 bits per heavy atom. The van der Waals surface area contributed by atoms with Gasteiger partial charge in [-0.05, 0) is 94.6 Å². The van der Waals surface area contributed by atoms with Crippen molar-refractivity contribution in [2.75, 3.05) is 0 Å². The van der Waals surface area contributed by atoms with E-state index in [9.17, 15) is 16.8 Å². The van der Waals surface area contributed by atoms with Gasteiger partial charge in [0.1, 0.15) is 11.6 Å². The van der Waals surface area contributed by atoms with Gasteiger partial charge in [-0.3, -0.25) is 0 Å². The first-order chi connectivity index (χ1) is 26.7. The number of nitrogens with zero attached hydrogens (tertiary/aromatic N) is 3. The summed E-state index contributed by atoms with van der Waals surface area (Å²) in [5, 5.41) is 0.420. The molecule has 2 aromatic heterocycles. The molecule has 56 heavy (non-hydrogen) atoms. The van der Waals surface area contributed by atoms with E-state index in [1.807, 2.05) is 51.1 Å². The summed E-state index contributed by atoms with van der Waals surface area (Å²) in [5.41, 5.74) is 2.19. The molecule has 0 bridgehead atoms. The van der Waals surface area contributed by atoms with E-state index in [1.165, 1.54) is 48.8 Å². The number of ether oxygens (including phenoxy) is 1. The van der Waals surface area contributed by atoms with E-state index in [0.29, 0.717) is 29.5 Å². The van der Waals surface area contributed by atoms with Crippen molar-refractivity contribution >= 4 is 30.9 Å². The minimum atomic E-state index is -4.39. The number of allylic oxidation sites excluding steroid dienone is 1. The summed E-state index contributed by atoms with van der Waals surface area (Å²) in [6.45, 7) is 11.1. The van der Waals surface area contributed by atoms with E-state index in [2.05, 4.69) is 11.6 Å². The Labute approximate surface area is 325 Å². The molecule has 2 heterocycles. The highest BCUT2D eigenvalue weighted by atomic mass is 32.2. The quantitative estimate of drug-likeness (QED) is 0.114. The second kappa shape index (κ2) is 14.7. The van der Waals surface area contributed by atoms with Crippen LogP contribution in [0.2, 0.25) is 0 Å². The predicted molar refractivity (Wildman–Crippen MR) is 214 cm³/mol. The van der Waals surface area contributed by atoms with Crippen LogP contribution in [0.4, 0.5) is 8.78 Å². The summed E-state index contributed by atoms with van der Waals surface area (Å²) in [4.78, 5) is 4.60. The number of fused-ring (bicyclic) bond motifs is 1. The zero-order valence-corrected chi connectivity index (χ0v) is 32.8. The van der Waals surface area contributed by atoms with Gasteiger partial charge in [0.05, 0.1) is 32.8 Å². The van der Waals surface area contributed by atoms with E-state index in [0.717, 1.165) is 36.8 Å². The van der Waals surface area contributed by atoms with Gasteiger partial charge in [0.2, 0.25) is 0 Å². The molecule has 7 rings (SSSR count). The van der Waals surface area contributed by atoms with Crippen LogP contribution in [0.15, 0.2) is 144 Å². The maximum atomic E-state index is 16.0. The van der Waals surface area contributed by atoms with Crippen molar-refractivity contribution in [2.45, 2.75) is 55.7 Å². The molecule has 0 spiro atoms. The number of benzene rings is 5. The molecule has 0 amide bonds. The lowest BCUT2D eigenvalue weighted by Crippen LogP contribution is -2.30. The normalized spacial score (nSPS) is 13.1. The molecule has 1 unspecified atom stereocenters. The average molecular weight is 792 g/mol. The van der Waals surface area contributed by atoms with Crippen molar-refractivity contribution in [2.24, 2.45) is 0 Å². The first-order valence-electron chi connectivity index (χ1n) is 17.8. The maximum Gasteiger partial charge on any atom is 0.269 e. The van der Waals surface area contributed by atoms with Crippen LogP contribution in [0.1, 0.15) is 47.7 Å². The van der Waals surface area contributed by atoms with E-state index in [1.54, 1.807) is 43.3 Å². The van der Waals surface area contributed by atoms with Crippen molar-refractivity contribution in [1.29, 1.82) is 0 Å². The number of imidazole rings is 1. The summed E-state index contributed by atoms with van der Waals surface area (Å²) in [6.07, 6.45) is 5.59. The van der Waals surface area contributed by atoms with Gasteiger partial charge in [-0.1, -0.05) is 71.8 Å². The SMILES string of the molecule is C=CCCC(C)(c1ccccc1)c1cnc(-c2cc(Oc3c(F)cc4c(ccn4S(=O)(=O)c4ccc(C)cc4)c3C)ccc2F)n1S(=O)(=O)c1ccc(C)cc1. The van der Waals surface area contributed by atoms with Crippen LogP contribution < -0.4 is 4.74 Å². The predicted octanol–water partition coefficient (Wildman–Crippen LogP) is 10.2. The van der Waals surface area contributed by atoms with E-state index < -0.39 is 37.1 Å². The molecule has 0 aliphatic rings. The molecular formula is C44H39F2N3O5S2. The van der Waals surface area contributed by atoms with Gasteiger partial charge in [0.15, 0.2) is 17.4 Å². The summed E-state index contributed by atoms with van der Waals surface area (Å²) in [7, 11) is -8.44. The molecular weight excluding hydrogens is 753 g/mol. The highest BCUT2D eigenvalue weighted by Crippen LogP contribution is 2.42. The molecule has 0 saturated carbocycles. The van der Waals surface area contributed by atoms with Crippen molar-refractivity contribution in [3.63, 3.8) is 0 Å². The summed E-state index contributed by atoms with van der Waals surface area (Å²) in [5.74, 6) is -2.05. The third-order valence-electron chi connectivity index (χ3n) is 10.2. The molecule has 7 aromatic rings. The molecule has 0 saturated heterocycles. The first kappa shape index (κ1) is 38.4. The molecule has 1 atom stereocenters. The zero-order chi connectivity index (χ0) is 40.0. The van der Waals surface area contributed by atoms with Crippen LogP contribution in [0.25, 0.3) is 22.3 Å². The second-order valence-electron chi connectivity index (χ2n) is 14.0. The molecule has 8 nitrogen and oxygen atoms in total. The molecule has 0 aliphatic heterocycles. The third kappa shape index (κ3) is 6.73. The molecule has 0 aliphatic carbocycles. The Balaban J connectivity index is 1.36. The Bertz CT molecular complexity index is 2830. The van der Waals surface area contributed by atoms with E-state index in [4.69, 9.17) is 4.74 Å². The van der Waals surface area contributed by atoms with Crippen LogP contribution >= 0.6 is 0 Å². The Morgan fingerprint density at radius 1 is 0.786 bits per heavy atom. The van der Waals surface area contributed by atoms with E-state index >= 15 is 8.78 Å². The number of aromatic nitrogens is 3. The minimum Gasteiger partial charge on any atom is -0.454 e. The summed E-state index contributed by atoms with van der Waals surface area (Å²) >= 11 is 0. The van der Waals surface area contributed by atoms with Gasteiger partial charge in [-0.15, -0.1) is 6.58 Å². The fraction of sp³-hybridized carbons (Fsp3) is 0.159. The van der Waals surface area contributed by atoms with Gasteiger partial charge in [-0.2, -0.15) is 0 Å². The van der Waals surface area contributed by atoms with Crippen molar-refractivity contribution in [3.8, 4) is 22.9 Å². The molecule has 0 radical (unpaired) electrons. The second-order valence-corrected chi connectivity index (χ2v) is 17.6. The lowest BCUT2D eigenvalue weighted by molar-refractivity contribution is 0.439. The van der Waals surface area contributed by atoms with E-state index in [-0.39, 0.29) is 38.2 Å². The highest BCUT2D eigenvalue weighted by Gasteiger charge is 2.38. The van der Waals surface area contributed by atoms with Crippen LogP contribution in [0, 0.1) is 32.4 Å². The standard InChI is InChI=1S/C44H39F2N3O5S2/c1-6-7-24-44(5,32-11-9-8-10-12-32)41-28-47-43(49(41)56(52,53)35-20-15-30(3)16-21-35)37-26-33(17-22-38(37)45)54-42-31(4)36-23-25-48(40(36)27-39(42)46)55(50,51)34-18-13-29(2)14-19-34/h6,8-23,25-28H,1,7,24H2,2-5H3. The van der Waals surface area contributed by atoms with Crippen LogP contribution in [0.5, 0.6) is 11.5 Å². The molecule has 5 aromatic carbocycles. The zero-order valence-electron chi connectivity index (χ0n) is 31.2. The Morgan fingerprint density at radius 2 is 1.41 bits per heavy atom. The number of hydrogen-bond donors (Lipinski definition) is 0.